The number of aromatic nitrogens is 1. The molecule has 1 aromatic carbocycles. The number of ether oxygens (including phenoxy) is 1. The minimum atomic E-state index is -1.09. The highest BCUT2D eigenvalue weighted by molar-refractivity contribution is 5.64. The molecule has 0 bridgehead atoms. The first-order chi connectivity index (χ1) is 10.6. The van der Waals surface area contributed by atoms with Gasteiger partial charge in [-0.25, -0.2) is 9.78 Å². The average Bonchev–Trinajstić information content (AvgIpc) is 2.47. The first-order valence-corrected chi connectivity index (χ1v) is 6.39. The van der Waals surface area contributed by atoms with Gasteiger partial charge in [0.1, 0.15) is 5.75 Å². The first kappa shape index (κ1) is 15.2. The molecule has 0 fully saturated rings. The van der Waals surface area contributed by atoms with Crippen LogP contribution in [0.1, 0.15) is 5.56 Å². The number of rotatable bonds is 6. The predicted octanol–water partition coefficient (Wildman–Crippen LogP) is 2.59. The molecule has 8 heteroatoms. The average molecular weight is 303 g/mol. The molecule has 0 radical (unpaired) electrons. The van der Waals surface area contributed by atoms with Crippen LogP contribution in [0.4, 0.5) is 10.5 Å². The molecule has 2 N–H and O–H groups in total. The van der Waals surface area contributed by atoms with Gasteiger partial charge in [-0.3, -0.25) is 10.1 Å². The molecule has 0 unspecified atom stereocenters. The standard InChI is InChI=1S/C14H13N3O5/c18-14(19)16-8-6-10-3-1-4-11(9-10)22-13-12(17(20)21)5-2-7-15-13/h1-5,7,9,16H,6,8H2,(H,18,19). The number of pyridine rings is 1. The van der Waals surface area contributed by atoms with Crippen molar-refractivity contribution in [3.8, 4) is 11.6 Å². The number of nitro groups is 1. The third kappa shape index (κ3) is 4.17. The minimum absolute atomic E-state index is 0.0895. The van der Waals surface area contributed by atoms with Gasteiger partial charge in [-0.15, -0.1) is 0 Å². The lowest BCUT2D eigenvalue weighted by atomic mass is 10.1. The Balaban J connectivity index is 2.10. The van der Waals surface area contributed by atoms with Crippen molar-refractivity contribution < 1.29 is 19.6 Å². The van der Waals surface area contributed by atoms with E-state index < -0.39 is 11.0 Å². The van der Waals surface area contributed by atoms with E-state index in [4.69, 9.17) is 9.84 Å². The molecule has 2 aromatic rings. The van der Waals surface area contributed by atoms with Gasteiger partial charge in [-0.2, -0.15) is 0 Å². The smallest absolute Gasteiger partial charge is 0.404 e. The lowest BCUT2D eigenvalue weighted by Crippen LogP contribution is -2.23. The van der Waals surface area contributed by atoms with Crippen molar-refractivity contribution in [1.82, 2.24) is 10.3 Å². The van der Waals surface area contributed by atoms with Gasteiger partial charge in [0.2, 0.25) is 0 Å². The maximum absolute atomic E-state index is 10.9. The van der Waals surface area contributed by atoms with Crippen molar-refractivity contribution in [1.29, 1.82) is 0 Å². The number of amides is 1. The van der Waals surface area contributed by atoms with Crippen LogP contribution in [-0.2, 0) is 6.42 Å². The quantitative estimate of drug-likeness (QED) is 0.626. The number of hydrogen-bond donors (Lipinski definition) is 2. The van der Waals surface area contributed by atoms with Crippen molar-refractivity contribution >= 4 is 11.8 Å². The molecule has 2 rings (SSSR count). The van der Waals surface area contributed by atoms with Crippen LogP contribution in [0.25, 0.3) is 0 Å². The molecular weight excluding hydrogens is 290 g/mol. The van der Waals surface area contributed by atoms with Gasteiger partial charge in [0.05, 0.1) is 4.92 Å². The lowest BCUT2D eigenvalue weighted by Gasteiger charge is -2.07. The van der Waals surface area contributed by atoms with Gasteiger partial charge in [0, 0.05) is 18.8 Å². The fraction of sp³-hybridized carbons (Fsp3) is 0.143. The van der Waals surface area contributed by atoms with Gasteiger partial charge in [0.25, 0.3) is 5.88 Å². The summed E-state index contributed by atoms with van der Waals surface area (Å²) in [6.45, 7) is 0.266. The van der Waals surface area contributed by atoms with Crippen LogP contribution in [0, 0.1) is 10.1 Å². The highest BCUT2D eigenvalue weighted by Crippen LogP contribution is 2.28. The van der Waals surface area contributed by atoms with Crippen molar-refractivity contribution in [3.05, 3.63) is 58.3 Å². The summed E-state index contributed by atoms with van der Waals surface area (Å²) >= 11 is 0. The second kappa shape index (κ2) is 7.02. The summed E-state index contributed by atoms with van der Waals surface area (Å²) in [5.41, 5.74) is 0.616. The topological polar surface area (TPSA) is 115 Å². The van der Waals surface area contributed by atoms with Crippen LogP contribution in [-0.4, -0.2) is 27.7 Å². The Morgan fingerprint density at radius 1 is 1.36 bits per heavy atom. The van der Waals surface area contributed by atoms with Crippen molar-refractivity contribution in [2.24, 2.45) is 0 Å². The maximum Gasteiger partial charge on any atom is 0.404 e. The number of nitrogens with zero attached hydrogens (tertiary/aromatic N) is 2. The molecule has 8 nitrogen and oxygen atoms in total. The van der Waals surface area contributed by atoms with E-state index in [9.17, 15) is 14.9 Å². The van der Waals surface area contributed by atoms with E-state index in [2.05, 4.69) is 10.3 Å². The third-order valence-corrected chi connectivity index (χ3v) is 2.75. The Hall–Kier alpha value is -3.16. The fourth-order valence-electron chi connectivity index (χ4n) is 1.79. The normalized spacial score (nSPS) is 10.0. The Morgan fingerprint density at radius 2 is 2.18 bits per heavy atom. The fourth-order valence-corrected chi connectivity index (χ4v) is 1.79. The highest BCUT2D eigenvalue weighted by atomic mass is 16.6. The number of nitrogens with one attached hydrogen (secondary N) is 1. The minimum Gasteiger partial charge on any atom is -0.465 e. The second-order valence-electron chi connectivity index (χ2n) is 4.32. The molecule has 0 aliphatic heterocycles. The summed E-state index contributed by atoms with van der Waals surface area (Å²) < 4.78 is 5.45. The molecule has 0 aliphatic carbocycles. The number of benzene rings is 1. The van der Waals surface area contributed by atoms with Gasteiger partial charge < -0.3 is 15.2 Å². The van der Waals surface area contributed by atoms with E-state index in [0.717, 1.165) is 5.56 Å². The highest BCUT2D eigenvalue weighted by Gasteiger charge is 2.16. The third-order valence-electron chi connectivity index (χ3n) is 2.75. The van der Waals surface area contributed by atoms with Crippen LogP contribution >= 0.6 is 0 Å². The molecule has 0 saturated carbocycles. The number of carboxylic acid groups (broad SMARTS) is 1. The van der Waals surface area contributed by atoms with Crippen LogP contribution in [0.5, 0.6) is 11.6 Å². The molecule has 1 heterocycles. The van der Waals surface area contributed by atoms with Crippen LogP contribution in [0.3, 0.4) is 0 Å². The molecule has 1 amide bonds. The van der Waals surface area contributed by atoms with E-state index >= 15 is 0 Å². The van der Waals surface area contributed by atoms with Crippen molar-refractivity contribution in [2.45, 2.75) is 6.42 Å². The molecular formula is C14H13N3O5. The molecule has 0 atom stereocenters. The van der Waals surface area contributed by atoms with Crippen molar-refractivity contribution in [3.63, 3.8) is 0 Å². The summed E-state index contributed by atoms with van der Waals surface area (Å²) in [7, 11) is 0. The second-order valence-corrected chi connectivity index (χ2v) is 4.32. The summed E-state index contributed by atoms with van der Waals surface area (Å²) in [6.07, 6.45) is 0.799. The molecule has 1 aromatic heterocycles. The summed E-state index contributed by atoms with van der Waals surface area (Å²) in [5.74, 6) is 0.308. The van der Waals surface area contributed by atoms with E-state index in [1.165, 1.54) is 18.3 Å². The number of hydrogen-bond acceptors (Lipinski definition) is 5. The van der Waals surface area contributed by atoms with Crippen molar-refractivity contribution in [2.75, 3.05) is 6.54 Å². The monoisotopic (exact) mass is 303 g/mol. The van der Waals surface area contributed by atoms with E-state index in [0.29, 0.717) is 12.2 Å². The van der Waals surface area contributed by atoms with Gasteiger partial charge in [0.15, 0.2) is 0 Å². The van der Waals surface area contributed by atoms with Gasteiger partial charge in [-0.1, -0.05) is 12.1 Å². The molecule has 22 heavy (non-hydrogen) atoms. The Labute approximate surface area is 125 Å². The summed E-state index contributed by atoms with van der Waals surface area (Å²) in [5, 5.41) is 21.7. The maximum atomic E-state index is 10.9. The first-order valence-electron chi connectivity index (χ1n) is 6.39. The zero-order valence-electron chi connectivity index (χ0n) is 11.4. The van der Waals surface area contributed by atoms with Crippen LogP contribution in [0.15, 0.2) is 42.6 Å². The molecule has 0 spiro atoms. The summed E-state index contributed by atoms with van der Waals surface area (Å²) in [6, 6.07) is 9.62. The Kier molecular flexibility index (Phi) is 4.86. The zero-order valence-corrected chi connectivity index (χ0v) is 11.4. The largest absolute Gasteiger partial charge is 0.465 e. The van der Waals surface area contributed by atoms with Gasteiger partial charge in [-0.05, 0) is 30.2 Å². The van der Waals surface area contributed by atoms with Crippen LogP contribution in [0.2, 0.25) is 0 Å². The Bertz CT molecular complexity index is 690. The van der Waals surface area contributed by atoms with E-state index in [-0.39, 0.29) is 18.1 Å². The Morgan fingerprint density at radius 3 is 2.91 bits per heavy atom. The SMILES string of the molecule is O=C(O)NCCc1cccc(Oc2ncccc2[N+](=O)[O-])c1. The molecule has 114 valence electrons. The predicted molar refractivity (Wildman–Crippen MR) is 77.1 cm³/mol. The van der Waals surface area contributed by atoms with E-state index in [1.54, 1.807) is 18.2 Å². The lowest BCUT2D eigenvalue weighted by molar-refractivity contribution is -0.386. The zero-order chi connectivity index (χ0) is 15.9. The van der Waals surface area contributed by atoms with E-state index in [1.807, 2.05) is 6.07 Å². The molecule has 0 aliphatic rings. The molecule has 0 saturated heterocycles. The van der Waals surface area contributed by atoms with Gasteiger partial charge >= 0.3 is 11.8 Å². The summed E-state index contributed by atoms with van der Waals surface area (Å²) in [4.78, 5) is 24.6. The number of carbonyl (C=O) groups is 1. The van der Waals surface area contributed by atoms with Crippen LogP contribution < -0.4 is 10.1 Å².